The van der Waals surface area contributed by atoms with Crippen LogP contribution >= 0.6 is 0 Å². The molecule has 3 rings (SSSR count). The monoisotopic (exact) mass is 353 g/mol. The SMILES string of the molecule is CN(CCc1ccncc1)C(=O)CCN1CCN(c2ccccn2)CC1. The topological polar surface area (TPSA) is 52.6 Å². The summed E-state index contributed by atoms with van der Waals surface area (Å²) in [6, 6.07) is 10.0. The number of amides is 1. The van der Waals surface area contributed by atoms with Crippen LogP contribution in [0.2, 0.25) is 0 Å². The number of pyridine rings is 2. The van der Waals surface area contributed by atoms with Crippen molar-refractivity contribution >= 4 is 11.7 Å². The number of nitrogens with zero attached hydrogens (tertiary/aromatic N) is 5. The molecule has 26 heavy (non-hydrogen) atoms. The first-order chi connectivity index (χ1) is 12.7. The van der Waals surface area contributed by atoms with Crippen LogP contribution in [0.15, 0.2) is 48.9 Å². The fourth-order valence-corrected chi connectivity index (χ4v) is 3.16. The Balaban J connectivity index is 1.36. The molecule has 0 bridgehead atoms. The smallest absolute Gasteiger partial charge is 0.223 e. The van der Waals surface area contributed by atoms with Gasteiger partial charge in [-0.15, -0.1) is 0 Å². The highest BCUT2D eigenvalue weighted by Crippen LogP contribution is 2.12. The summed E-state index contributed by atoms with van der Waals surface area (Å²) in [4.78, 5) is 27.3. The van der Waals surface area contributed by atoms with Gasteiger partial charge in [-0.05, 0) is 36.2 Å². The molecule has 1 fully saturated rings. The van der Waals surface area contributed by atoms with Crippen LogP contribution in [-0.2, 0) is 11.2 Å². The number of piperazine rings is 1. The molecule has 138 valence electrons. The molecule has 0 N–H and O–H groups in total. The first kappa shape index (κ1) is 18.3. The molecule has 2 aromatic rings. The van der Waals surface area contributed by atoms with Crippen molar-refractivity contribution in [3.05, 3.63) is 54.5 Å². The molecule has 1 saturated heterocycles. The highest BCUT2D eigenvalue weighted by Gasteiger charge is 2.19. The van der Waals surface area contributed by atoms with Gasteiger partial charge in [0, 0.05) is 71.3 Å². The second kappa shape index (κ2) is 9.29. The average Bonchev–Trinajstić information content (AvgIpc) is 2.72. The molecule has 6 nitrogen and oxygen atoms in total. The Morgan fingerprint density at radius 2 is 1.85 bits per heavy atom. The second-order valence-corrected chi connectivity index (χ2v) is 6.69. The largest absolute Gasteiger partial charge is 0.354 e. The minimum atomic E-state index is 0.214. The summed E-state index contributed by atoms with van der Waals surface area (Å²) in [5, 5.41) is 0. The van der Waals surface area contributed by atoms with Crippen LogP contribution < -0.4 is 4.90 Å². The Bertz CT molecular complexity index is 671. The third-order valence-corrected chi connectivity index (χ3v) is 4.90. The number of rotatable bonds is 7. The highest BCUT2D eigenvalue weighted by atomic mass is 16.2. The van der Waals surface area contributed by atoms with Crippen LogP contribution in [0.5, 0.6) is 0 Å². The molecule has 1 amide bonds. The number of hydrogen-bond donors (Lipinski definition) is 0. The summed E-state index contributed by atoms with van der Waals surface area (Å²) in [6.45, 7) is 5.45. The number of carbonyl (C=O) groups excluding carboxylic acids is 1. The lowest BCUT2D eigenvalue weighted by molar-refractivity contribution is -0.130. The van der Waals surface area contributed by atoms with Gasteiger partial charge in [0.15, 0.2) is 0 Å². The number of hydrogen-bond acceptors (Lipinski definition) is 5. The molecule has 2 aromatic heterocycles. The lowest BCUT2D eigenvalue weighted by atomic mass is 10.2. The van der Waals surface area contributed by atoms with Gasteiger partial charge in [-0.3, -0.25) is 14.7 Å². The Morgan fingerprint density at radius 1 is 1.08 bits per heavy atom. The third kappa shape index (κ3) is 5.26. The predicted octanol–water partition coefficient (Wildman–Crippen LogP) is 1.69. The van der Waals surface area contributed by atoms with Crippen LogP contribution in [0.1, 0.15) is 12.0 Å². The van der Waals surface area contributed by atoms with Crippen molar-refractivity contribution in [3.63, 3.8) is 0 Å². The minimum absolute atomic E-state index is 0.214. The van der Waals surface area contributed by atoms with Gasteiger partial charge in [0.05, 0.1) is 0 Å². The van der Waals surface area contributed by atoms with E-state index in [0.717, 1.165) is 51.5 Å². The zero-order valence-electron chi connectivity index (χ0n) is 15.4. The Kier molecular flexibility index (Phi) is 6.55. The van der Waals surface area contributed by atoms with E-state index in [1.54, 1.807) is 12.4 Å². The molecule has 3 heterocycles. The highest BCUT2D eigenvalue weighted by molar-refractivity contribution is 5.76. The first-order valence-corrected chi connectivity index (χ1v) is 9.23. The van der Waals surface area contributed by atoms with Crippen molar-refractivity contribution < 1.29 is 4.79 Å². The van der Waals surface area contributed by atoms with Gasteiger partial charge in [0.2, 0.25) is 5.91 Å². The van der Waals surface area contributed by atoms with Gasteiger partial charge in [0.1, 0.15) is 5.82 Å². The van der Waals surface area contributed by atoms with Crippen molar-refractivity contribution in [2.24, 2.45) is 0 Å². The van der Waals surface area contributed by atoms with Gasteiger partial charge in [-0.25, -0.2) is 4.98 Å². The van der Waals surface area contributed by atoms with E-state index in [0.29, 0.717) is 6.42 Å². The van der Waals surface area contributed by atoms with E-state index in [1.165, 1.54) is 5.56 Å². The standard InChI is InChI=1S/C20H27N5O/c1-23(12-7-18-5-10-21-11-6-18)20(26)8-13-24-14-16-25(17-15-24)19-4-2-3-9-22-19/h2-6,9-11H,7-8,12-17H2,1H3. The Morgan fingerprint density at radius 3 is 2.54 bits per heavy atom. The predicted molar refractivity (Wildman–Crippen MR) is 103 cm³/mol. The van der Waals surface area contributed by atoms with E-state index < -0.39 is 0 Å². The van der Waals surface area contributed by atoms with E-state index in [2.05, 4.69) is 25.8 Å². The van der Waals surface area contributed by atoms with Gasteiger partial charge >= 0.3 is 0 Å². The lowest BCUT2D eigenvalue weighted by Crippen LogP contribution is -2.47. The maximum atomic E-state index is 12.4. The minimum Gasteiger partial charge on any atom is -0.354 e. The summed E-state index contributed by atoms with van der Waals surface area (Å²) in [5.74, 6) is 1.25. The molecule has 1 aliphatic rings. The Labute approximate surface area is 155 Å². The second-order valence-electron chi connectivity index (χ2n) is 6.69. The van der Waals surface area contributed by atoms with E-state index in [9.17, 15) is 4.79 Å². The summed E-state index contributed by atoms with van der Waals surface area (Å²) in [7, 11) is 1.89. The van der Waals surface area contributed by atoms with Gasteiger partial charge < -0.3 is 9.80 Å². The fraction of sp³-hybridized carbons (Fsp3) is 0.450. The molecule has 0 unspecified atom stereocenters. The van der Waals surface area contributed by atoms with Crippen molar-refractivity contribution in [1.29, 1.82) is 0 Å². The fourth-order valence-electron chi connectivity index (χ4n) is 3.16. The zero-order chi connectivity index (χ0) is 18.2. The normalized spacial score (nSPS) is 15.0. The molecule has 0 atom stereocenters. The van der Waals surface area contributed by atoms with E-state index in [1.807, 2.05) is 42.4 Å². The van der Waals surface area contributed by atoms with Gasteiger partial charge in [0.25, 0.3) is 0 Å². The third-order valence-electron chi connectivity index (χ3n) is 4.90. The zero-order valence-corrected chi connectivity index (χ0v) is 15.4. The molecule has 1 aliphatic heterocycles. The molecular formula is C20H27N5O. The van der Waals surface area contributed by atoms with Crippen molar-refractivity contribution in [2.45, 2.75) is 12.8 Å². The maximum absolute atomic E-state index is 12.4. The van der Waals surface area contributed by atoms with E-state index in [4.69, 9.17) is 0 Å². The summed E-state index contributed by atoms with van der Waals surface area (Å²) >= 11 is 0. The molecule has 0 spiro atoms. The summed E-state index contributed by atoms with van der Waals surface area (Å²) in [5.41, 5.74) is 1.21. The number of anilines is 1. The number of likely N-dealkylation sites (N-methyl/N-ethyl adjacent to an activating group) is 1. The van der Waals surface area contributed by atoms with Crippen molar-refractivity contribution in [1.82, 2.24) is 19.8 Å². The maximum Gasteiger partial charge on any atom is 0.223 e. The summed E-state index contributed by atoms with van der Waals surface area (Å²) < 4.78 is 0. The quantitative estimate of drug-likeness (QED) is 0.758. The lowest BCUT2D eigenvalue weighted by Gasteiger charge is -2.35. The molecule has 0 aliphatic carbocycles. The van der Waals surface area contributed by atoms with Crippen LogP contribution in [0.3, 0.4) is 0 Å². The molecule has 0 saturated carbocycles. The molecular weight excluding hydrogens is 326 g/mol. The molecule has 0 aromatic carbocycles. The van der Waals surface area contributed by atoms with Crippen LogP contribution in [0, 0.1) is 0 Å². The first-order valence-electron chi connectivity index (χ1n) is 9.23. The average molecular weight is 353 g/mol. The van der Waals surface area contributed by atoms with Crippen molar-refractivity contribution in [2.75, 3.05) is 51.2 Å². The van der Waals surface area contributed by atoms with E-state index in [-0.39, 0.29) is 5.91 Å². The van der Waals surface area contributed by atoms with Gasteiger partial charge in [-0.1, -0.05) is 6.07 Å². The molecule has 0 radical (unpaired) electrons. The Hall–Kier alpha value is -2.47. The van der Waals surface area contributed by atoms with Crippen LogP contribution in [-0.4, -0.2) is 72.0 Å². The number of carbonyl (C=O) groups is 1. The molecule has 6 heteroatoms. The van der Waals surface area contributed by atoms with Gasteiger partial charge in [-0.2, -0.15) is 0 Å². The van der Waals surface area contributed by atoms with E-state index >= 15 is 0 Å². The summed E-state index contributed by atoms with van der Waals surface area (Å²) in [6.07, 6.45) is 6.87. The van der Waals surface area contributed by atoms with Crippen LogP contribution in [0.4, 0.5) is 5.82 Å². The van der Waals surface area contributed by atoms with Crippen molar-refractivity contribution in [3.8, 4) is 0 Å². The number of aromatic nitrogens is 2. The van der Waals surface area contributed by atoms with Crippen LogP contribution in [0.25, 0.3) is 0 Å².